The quantitative estimate of drug-likeness (QED) is 0.0448. The lowest BCUT2D eigenvalue weighted by Crippen LogP contribution is -2.68. The standard InChI is InChI=1S/C42H71NO32/c43-4-2-1-3-5-65-38-26(57)24(55)34(35(75-38)37(63)64)74-41-29(60)23(54)32(15(9-46)69-41)72-39-27(58)21(52)31(14(8-45)67-39)71-40-28(59)22(53)33(16(10-47)68-40)73-42-25(56)17(48)11(30(70-42)36(61)62)6-12-18(49)20(51)19(50)13(7-44)66-12/h11-35,38-42,44-60H,1-10,43H2,(H,61,62)(H,63,64)/t11-,12+,13?,14?,15?,16?,17?,18?,19-,20+,21+,22?,23+,24?,25-,26-,27?,28-,29?,30?,31+,32-,33+,34-,35?,38+,39+,40-,41+,42-/m0/s1. The lowest BCUT2D eigenvalue weighted by atomic mass is 9.81. The molecule has 0 aromatic carbocycles. The summed E-state index contributed by atoms with van der Waals surface area (Å²) in [6.45, 7) is -3.60. The van der Waals surface area contributed by atoms with Gasteiger partial charge in [0, 0.05) is 12.5 Å². The van der Waals surface area contributed by atoms with E-state index in [0.717, 1.165) is 0 Å². The summed E-state index contributed by atoms with van der Waals surface area (Å²) >= 11 is 0. The monoisotopic (exact) mass is 1100 g/mol. The number of ether oxygens (including phenoxy) is 11. The molecule has 0 bridgehead atoms. The average Bonchev–Trinajstić information content (AvgIpc) is 3.38. The van der Waals surface area contributed by atoms with Crippen molar-refractivity contribution >= 4 is 11.9 Å². The fourth-order valence-corrected chi connectivity index (χ4v) is 9.74. The summed E-state index contributed by atoms with van der Waals surface area (Å²) in [5, 5.41) is 202. The van der Waals surface area contributed by atoms with Gasteiger partial charge in [0.05, 0.1) is 38.6 Å². The van der Waals surface area contributed by atoms with Crippen LogP contribution in [0.15, 0.2) is 0 Å². The number of hydrogen-bond acceptors (Lipinski definition) is 31. The van der Waals surface area contributed by atoms with Gasteiger partial charge in [-0.15, -0.1) is 0 Å². The zero-order chi connectivity index (χ0) is 55.3. The van der Waals surface area contributed by atoms with Gasteiger partial charge < -0.3 is 155 Å². The van der Waals surface area contributed by atoms with E-state index in [2.05, 4.69) is 0 Å². The molecule has 30 atom stereocenters. The van der Waals surface area contributed by atoms with Crippen molar-refractivity contribution in [2.24, 2.45) is 11.7 Å². The highest BCUT2D eigenvalue weighted by Gasteiger charge is 2.58. The van der Waals surface area contributed by atoms with Gasteiger partial charge in [-0.1, -0.05) is 0 Å². The zero-order valence-electron chi connectivity index (χ0n) is 39.8. The number of carboxylic acid groups (broad SMARTS) is 2. The lowest BCUT2D eigenvalue weighted by Gasteiger charge is -2.49. The Morgan fingerprint density at radius 2 is 0.747 bits per heavy atom. The second-order valence-electron chi connectivity index (χ2n) is 19.0. The van der Waals surface area contributed by atoms with Crippen molar-refractivity contribution in [1.82, 2.24) is 0 Å². The first-order chi connectivity index (χ1) is 35.5. The Bertz CT molecular complexity index is 1770. The molecule has 6 aliphatic rings. The lowest BCUT2D eigenvalue weighted by molar-refractivity contribution is -0.391. The third-order valence-corrected chi connectivity index (χ3v) is 14.0. The van der Waals surface area contributed by atoms with Crippen molar-refractivity contribution in [3.05, 3.63) is 0 Å². The average molecular weight is 1100 g/mol. The van der Waals surface area contributed by atoms with Gasteiger partial charge in [0.1, 0.15) is 122 Å². The van der Waals surface area contributed by atoms with Crippen LogP contribution in [0.25, 0.3) is 0 Å². The molecule has 0 amide bonds. The van der Waals surface area contributed by atoms with Gasteiger partial charge in [0.2, 0.25) is 0 Å². The zero-order valence-corrected chi connectivity index (χ0v) is 39.8. The van der Waals surface area contributed by atoms with E-state index in [1.165, 1.54) is 0 Å². The predicted octanol–water partition coefficient (Wildman–Crippen LogP) is -12.1. The Kier molecular flexibility index (Phi) is 22.6. The number of carbonyl (C=O) groups is 2. The summed E-state index contributed by atoms with van der Waals surface area (Å²) in [7, 11) is 0. The van der Waals surface area contributed by atoms with Crippen molar-refractivity contribution in [2.45, 2.75) is 204 Å². The van der Waals surface area contributed by atoms with Crippen molar-refractivity contribution in [1.29, 1.82) is 0 Å². The first-order valence-corrected chi connectivity index (χ1v) is 24.2. The number of nitrogens with two attached hydrogens (primary N) is 1. The fraction of sp³-hybridized carbons (Fsp3) is 0.952. The van der Waals surface area contributed by atoms with Crippen molar-refractivity contribution < 1.29 is 159 Å². The van der Waals surface area contributed by atoms with Crippen LogP contribution in [0.5, 0.6) is 0 Å². The molecule has 0 aliphatic carbocycles. The molecule has 0 saturated carbocycles. The maximum Gasteiger partial charge on any atom is 0.335 e. The minimum Gasteiger partial charge on any atom is -0.479 e. The molecule has 0 spiro atoms. The smallest absolute Gasteiger partial charge is 0.335 e. The van der Waals surface area contributed by atoms with E-state index in [1.807, 2.05) is 0 Å². The van der Waals surface area contributed by atoms with Crippen LogP contribution in [-0.4, -0.2) is 326 Å². The van der Waals surface area contributed by atoms with E-state index in [0.29, 0.717) is 25.8 Å². The maximum atomic E-state index is 12.4. The topological polar surface area (TPSA) is 546 Å². The maximum absolute atomic E-state index is 12.4. The summed E-state index contributed by atoms with van der Waals surface area (Å²) in [5.74, 6) is -5.06. The molecule has 0 radical (unpaired) electrons. The number of aliphatic hydroxyl groups excluding tert-OH is 17. The highest BCUT2D eigenvalue weighted by molar-refractivity contribution is 5.73. The summed E-state index contributed by atoms with van der Waals surface area (Å²) in [4.78, 5) is 24.6. The number of aliphatic carboxylic acids is 2. The first kappa shape index (κ1) is 62.0. The number of rotatable bonds is 22. The molecule has 12 unspecified atom stereocenters. The van der Waals surface area contributed by atoms with Crippen LogP contribution in [0.3, 0.4) is 0 Å². The third-order valence-electron chi connectivity index (χ3n) is 14.0. The van der Waals surface area contributed by atoms with E-state index in [-0.39, 0.29) is 6.61 Å². The van der Waals surface area contributed by atoms with E-state index < -0.39 is 229 Å². The van der Waals surface area contributed by atoms with Crippen LogP contribution >= 0.6 is 0 Å². The van der Waals surface area contributed by atoms with E-state index in [4.69, 9.17) is 57.8 Å². The Morgan fingerprint density at radius 1 is 0.373 bits per heavy atom. The van der Waals surface area contributed by atoms with Gasteiger partial charge in [0.15, 0.2) is 43.7 Å². The number of aliphatic hydroxyl groups is 17. The van der Waals surface area contributed by atoms with E-state index in [9.17, 15) is 107 Å². The normalized spacial score (nSPS) is 48.8. The van der Waals surface area contributed by atoms with Gasteiger partial charge in [-0.25, -0.2) is 9.59 Å². The first-order valence-electron chi connectivity index (χ1n) is 24.2. The highest BCUT2D eigenvalue weighted by Crippen LogP contribution is 2.38. The van der Waals surface area contributed by atoms with Gasteiger partial charge in [0.25, 0.3) is 0 Å². The van der Waals surface area contributed by atoms with Crippen molar-refractivity contribution in [2.75, 3.05) is 39.6 Å². The van der Waals surface area contributed by atoms with E-state index in [1.54, 1.807) is 0 Å². The second-order valence-corrected chi connectivity index (χ2v) is 19.0. The molecule has 33 heteroatoms. The van der Waals surface area contributed by atoms with Crippen LogP contribution in [0, 0.1) is 5.92 Å². The Labute approximate surface area is 425 Å². The molecule has 33 nitrogen and oxygen atoms in total. The minimum absolute atomic E-state index is 0.000933. The van der Waals surface area contributed by atoms with Gasteiger partial charge in [-0.3, -0.25) is 0 Å². The molecule has 6 heterocycles. The second kappa shape index (κ2) is 27.3. The minimum atomic E-state index is -2.24. The van der Waals surface area contributed by atoms with Crippen LogP contribution in [0.2, 0.25) is 0 Å². The molecule has 6 rings (SSSR count). The highest BCUT2D eigenvalue weighted by atomic mass is 16.8. The van der Waals surface area contributed by atoms with Crippen molar-refractivity contribution in [3.8, 4) is 0 Å². The molecule has 0 aromatic rings. The summed E-state index contributed by atoms with van der Waals surface area (Å²) in [5.41, 5.74) is 5.47. The molecule has 0 aromatic heterocycles. The largest absolute Gasteiger partial charge is 0.479 e. The van der Waals surface area contributed by atoms with Gasteiger partial charge in [-0.2, -0.15) is 0 Å². The molecular weight excluding hydrogens is 1030 g/mol. The number of carboxylic acids is 2. The Balaban J connectivity index is 1.07. The summed E-state index contributed by atoms with van der Waals surface area (Å²) < 4.78 is 60.9. The molecule has 6 saturated heterocycles. The molecule has 6 aliphatic heterocycles. The predicted molar refractivity (Wildman–Crippen MR) is 230 cm³/mol. The molecule has 436 valence electrons. The SMILES string of the molecule is NCCCCCO[C@@H]1OC(C(=O)O)[C@@H](O[C@H]2OC(CO)[C@H](O[C@H]3OC(CO)[C@@H](O[C@@H]4OC(CO)[C@@H](O[C@@H]5OC(C(=O)O)[C@@H](C[C@H]6OC(CO)[C@H](O)[C@H](O)C6O)C(O)[C@@H]5O)C(O)[C@@H]4O)[C@H](O)C3O)[C@H](O)C2O)C(O)[C@@H]1O. The molecule has 21 N–H and O–H groups in total. The summed E-state index contributed by atoms with van der Waals surface area (Å²) in [6.07, 6.45) is -55.7. The van der Waals surface area contributed by atoms with Crippen LogP contribution in [0.4, 0.5) is 0 Å². The molecule has 6 fully saturated rings. The van der Waals surface area contributed by atoms with Crippen LogP contribution in [0.1, 0.15) is 25.7 Å². The fourth-order valence-electron chi connectivity index (χ4n) is 9.74. The molecular formula is C42H71NO32. The third kappa shape index (κ3) is 13.5. The van der Waals surface area contributed by atoms with Crippen LogP contribution in [-0.2, 0) is 61.7 Å². The van der Waals surface area contributed by atoms with Crippen LogP contribution < -0.4 is 5.73 Å². The Hall–Kier alpha value is -2.22. The van der Waals surface area contributed by atoms with E-state index >= 15 is 0 Å². The summed E-state index contributed by atoms with van der Waals surface area (Å²) in [6, 6.07) is 0. The van der Waals surface area contributed by atoms with Crippen molar-refractivity contribution in [3.63, 3.8) is 0 Å². The molecule has 75 heavy (non-hydrogen) atoms. The number of unbranched alkanes of at least 4 members (excludes halogenated alkanes) is 2. The Morgan fingerprint density at radius 3 is 1.17 bits per heavy atom. The van der Waals surface area contributed by atoms with Gasteiger partial charge in [-0.05, 0) is 32.2 Å². The number of hydrogen-bond donors (Lipinski definition) is 20. The van der Waals surface area contributed by atoms with Gasteiger partial charge >= 0.3 is 11.9 Å².